The Morgan fingerprint density at radius 2 is 1.81 bits per heavy atom. The average molecular weight is 374 g/mol. The van der Waals surface area contributed by atoms with E-state index in [1.54, 1.807) is 11.1 Å². The minimum Gasteiger partial charge on any atom is -0.278 e. The van der Waals surface area contributed by atoms with Gasteiger partial charge in [-0.2, -0.15) is 0 Å². The minimum absolute atomic E-state index is 0.207. The molecule has 0 saturated carbocycles. The van der Waals surface area contributed by atoms with Crippen LogP contribution in [0.3, 0.4) is 0 Å². The number of hydrogen-bond donors (Lipinski definition) is 0. The van der Waals surface area contributed by atoms with Gasteiger partial charge >= 0.3 is 0 Å². The number of benzene rings is 2. The average Bonchev–Trinajstić information content (AvgIpc) is 3.16. The van der Waals surface area contributed by atoms with Gasteiger partial charge in [0.05, 0.1) is 23.0 Å². The highest BCUT2D eigenvalue weighted by atomic mass is 32.1. The molecule has 0 aliphatic rings. The molecule has 0 fully saturated rings. The molecule has 27 heavy (non-hydrogen) atoms. The first-order valence-electron chi connectivity index (χ1n) is 8.62. The Kier molecular flexibility index (Phi) is 4.64. The molecule has 0 bridgehead atoms. The van der Waals surface area contributed by atoms with E-state index in [0.29, 0.717) is 17.4 Å². The molecule has 0 saturated heterocycles. The zero-order valence-corrected chi connectivity index (χ0v) is 15.9. The number of aromatic nitrogens is 3. The highest BCUT2D eigenvalue weighted by Gasteiger charge is 2.23. The summed E-state index contributed by atoms with van der Waals surface area (Å²) in [4.78, 5) is 27.9. The van der Waals surface area contributed by atoms with Gasteiger partial charge in [0.25, 0.3) is 5.91 Å². The number of hydrogen-bond acceptors (Lipinski definition) is 5. The summed E-state index contributed by atoms with van der Waals surface area (Å²) in [6, 6.07) is 14.0. The molecule has 134 valence electrons. The van der Waals surface area contributed by atoms with Gasteiger partial charge < -0.3 is 0 Å². The van der Waals surface area contributed by atoms with Gasteiger partial charge in [-0.3, -0.25) is 14.7 Å². The Morgan fingerprint density at radius 1 is 1.04 bits per heavy atom. The molecule has 0 spiro atoms. The highest BCUT2D eigenvalue weighted by Crippen LogP contribution is 2.34. The predicted molar refractivity (Wildman–Crippen MR) is 108 cm³/mol. The number of carbonyl (C=O) groups is 1. The Balaban J connectivity index is 1.81. The van der Waals surface area contributed by atoms with E-state index in [0.717, 1.165) is 26.9 Å². The first kappa shape index (κ1) is 17.3. The first-order valence-corrected chi connectivity index (χ1v) is 9.43. The van der Waals surface area contributed by atoms with Crippen LogP contribution in [0, 0.1) is 13.8 Å². The van der Waals surface area contributed by atoms with Crippen LogP contribution in [0.25, 0.3) is 10.2 Å². The quantitative estimate of drug-likeness (QED) is 0.526. The first-order chi connectivity index (χ1) is 13.1. The fourth-order valence-electron chi connectivity index (χ4n) is 2.90. The molecule has 2 heterocycles. The molecule has 2 aromatic carbocycles. The van der Waals surface area contributed by atoms with Gasteiger partial charge in [0.15, 0.2) is 5.13 Å². The molecule has 0 unspecified atom stereocenters. The summed E-state index contributed by atoms with van der Waals surface area (Å²) in [5.74, 6) is -0.207. The third-order valence-electron chi connectivity index (χ3n) is 4.37. The normalized spacial score (nSPS) is 10.9. The number of rotatable bonds is 4. The van der Waals surface area contributed by atoms with Gasteiger partial charge in [0.1, 0.15) is 5.69 Å². The minimum atomic E-state index is -0.207. The van der Waals surface area contributed by atoms with Crippen molar-refractivity contribution in [3.8, 4) is 0 Å². The summed E-state index contributed by atoms with van der Waals surface area (Å²) < 4.78 is 1.11. The number of aryl methyl sites for hydroxylation is 2. The van der Waals surface area contributed by atoms with Gasteiger partial charge in [-0.1, -0.05) is 53.8 Å². The molecular formula is C21H18N4OS. The second-order valence-electron chi connectivity index (χ2n) is 6.34. The maximum atomic E-state index is 13.2. The zero-order valence-electron chi connectivity index (χ0n) is 15.1. The van der Waals surface area contributed by atoms with Crippen molar-refractivity contribution in [2.75, 3.05) is 4.90 Å². The third-order valence-corrected chi connectivity index (χ3v) is 5.59. The molecule has 6 heteroatoms. The maximum Gasteiger partial charge on any atom is 0.280 e. The highest BCUT2D eigenvalue weighted by molar-refractivity contribution is 7.22. The van der Waals surface area contributed by atoms with Crippen LogP contribution in [0.5, 0.6) is 0 Å². The predicted octanol–water partition coefficient (Wildman–Crippen LogP) is 4.55. The Hall–Kier alpha value is -3.12. The van der Waals surface area contributed by atoms with Crippen molar-refractivity contribution in [1.82, 2.24) is 15.0 Å². The molecule has 1 amide bonds. The summed E-state index contributed by atoms with van der Waals surface area (Å²) in [6.45, 7) is 4.53. The van der Waals surface area contributed by atoms with Crippen molar-refractivity contribution < 1.29 is 4.79 Å². The maximum absolute atomic E-state index is 13.2. The van der Waals surface area contributed by atoms with Crippen LogP contribution in [0.2, 0.25) is 0 Å². The fourth-order valence-corrected chi connectivity index (χ4v) is 4.01. The lowest BCUT2D eigenvalue weighted by molar-refractivity contribution is 0.0980. The Morgan fingerprint density at radius 3 is 2.52 bits per heavy atom. The van der Waals surface area contributed by atoms with Crippen LogP contribution in [0.15, 0.2) is 61.1 Å². The summed E-state index contributed by atoms with van der Waals surface area (Å²) in [7, 11) is 0. The smallest absolute Gasteiger partial charge is 0.278 e. The SMILES string of the molecule is Cc1ccc(C)c2sc(N(Cc3ccccc3)C(=O)c3cnccn3)nc12. The molecule has 4 aromatic rings. The molecule has 0 N–H and O–H groups in total. The van der Waals surface area contributed by atoms with Crippen LogP contribution >= 0.6 is 11.3 Å². The van der Waals surface area contributed by atoms with Gasteiger partial charge in [-0.15, -0.1) is 0 Å². The van der Waals surface area contributed by atoms with E-state index >= 15 is 0 Å². The van der Waals surface area contributed by atoms with Crippen molar-refractivity contribution >= 4 is 32.6 Å². The van der Waals surface area contributed by atoms with Crippen LogP contribution < -0.4 is 4.90 Å². The van der Waals surface area contributed by atoms with E-state index in [1.807, 2.05) is 37.3 Å². The molecule has 0 aliphatic heterocycles. The summed E-state index contributed by atoms with van der Waals surface area (Å²) in [6.07, 6.45) is 4.58. The van der Waals surface area contributed by atoms with E-state index in [4.69, 9.17) is 4.98 Å². The standard InChI is InChI=1S/C21H18N4OS/c1-14-8-9-15(2)19-18(14)24-21(27-19)25(13-16-6-4-3-5-7-16)20(26)17-12-22-10-11-23-17/h3-12H,13H2,1-2H3. The van der Waals surface area contributed by atoms with E-state index in [2.05, 4.69) is 29.0 Å². The van der Waals surface area contributed by atoms with Crippen molar-refractivity contribution in [2.45, 2.75) is 20.4 Å². The molecule has 0 radical (unpaired) electrons. The lowest BCUT2D eigenvalue weighted by Gasteiger charge is -2.19. The van der Waals surface area contributed by atoms with Crippen molar-refractivity contribution in [3.05, 3.63) is 83.4 Å². The largest absolute Gasteiger partial charge is 0.280 e. The molecule has 2 aromatic heterocycles. The number of amides is 1. The van der Waals surface area contributed by atoms with E-state index < -0.39 is 0 Å². The number of anilines is 1. The number of thiazole rings is 1. The lowest BCUT2D eigenvalue weighted by atomic mass is 10.1. The van der Waals surface area contributed by atoms with Gasteiger partial charge in [0, 0.05) is 12.4 Å². The summed E-state index contributed by atoms with van der Waals surface area (Å²) >= 11 is 1.53. The molecule has 0 aliphatic carbocycles. The Labute approximate surface area is 161 Å². The molecular weight excluding hydrogens is 356 g/mol. The number of carbonyl (C=O) groups excluding carboxylic acids is 1. The van der Waals surface area contributed by atoms with Gasteiger partial charge in [-0.05, 0) is 30.5 Å². The molecule has 4 rings (SSSR count). The van der Waals surface area contributed by atoms with Crippen LogP contribution in [0.4, 0.5) is 5.13 Å². The second kappa shape index (κ2) is 7.25. The van der Waals surface area contributed by atoms with E-state index in [-0.39, 0.29) is 5.91 Å². The number of fused-ring (bicyclic) bond motifs is 1. The Bertz CT molecular complexity index is 1050. The van der Waals surface area contributed by atoms with Crippen LogP contribution in [-0.2, 0) is 6.54 Å². The van der Waals surface area contributed by atoms with Gasteiger partial charge in [0.2, 0.25) is 0 Å². The van der Waals surface area contributed by atoms with E-state index in [1.165, 1.54) is 23.7 Å². The van der Waals surface area contributed by atoms with Crippen molar-refractivity contribution in [2.24, 2.45) is 0 Å². The van der Waals surface area contributed by atoms with E-state index in [9.17, 15) is 4.79 Å². The monoisotopic (exact) mass is 374 g/mol. The fraction of sp³-hybridized carbons (Fsp3) is 0.143. The molecule has 5 nitrogen and oxygen atoms in total. The van der Waals surface area contributed by atoms with Gasteiger partial charge in [-0.25, -0.2) is 9.97 Å². The van der Waals surface area contributed by atoms with Crippen molar-refractivity contribution in [3.63, 3.8) is 0 Å². The topological polar surface area (TPSA) is 59.0 Å². The van der Waals surface area contributed by atoms with Crippen LogP contribution in [0.1, 0.15) is 27.2 Å². The second-order valence-corrected chi connectivity index (χ2v) is 7.32. The lowest BCUT2D eigenvalue weighted by Crippen LogP contribution is -2.31. The molecule has 0 atom stereocenters. The zero-order chi connectivity index (χ0) is 18.8. The van der Waals surface area contributed by atoms with Crippen LogP contribution in [-0.4, -0.2) is 20.9 Å². The number of nitrogens with zero attached hydrogens (tertiary/aromatic N) is 4. The third kappa shape index (κ3) is 3.44. The van der Waals surface area contributed by atoms with Crippen molar-refractivity contribution in [1.29, 1.82) is 0 Å². The summed E-state index contributed by atoms with van der Waals surface area (Å²) in [5.41, 5.74) is 4.54. The summed E-state index contributed by atoms with van der Waals surface area (Å²) in [5, 5.41) is 0.668.